The van der Waals surface area contributed by atoms with Gasteiger partial charge in [0.25, 0.3) is 0 Å². The van der Waals surface area contributed by atoms with Gasteiger partial charge in [0.15, 0.2) is 0 Å². The van der Waals surface area contributed by atoms with E-state index in [1.165, 1.54) is 12.1 Å². The van der Waals surface area contributed by atoms with Crippen LogP contribution >= 0.6 is 0 Å². The number of carbonyl (C=O) groups excluding carboxylic acids is 1. The maximum atomic E-state index is 13.5. The number of aliphatic hydroxyl groups excluding tert-OH is 1. The molecule has 0 radical (unpaired) electrons. The van der Waals surface area contributed by atoms with Gasteiger partial charge in [-0.1, -0.05) is 13.0 Å². The number of alkyl carbamates (subject to hydrolysis) is 1. The number of nitrogens with one attached hydrogen (secondary N) is 1. The molecule has 0 fully saturated rings. The normalized spacial score (nSPS) is 13.9. The molecule has 0 aliphatic heterocycles. The van der Waals surface area contributed by atoms with Crippen LogP contribution in [0, 0.1) is 5.82 Å². The molecule has 6 heteroatoms. The van der Waals surface area contributed by atoms with Crippen molar-refractivity contribution in [1.29, 1.82) is 0 Å². The first kappa shape index (κ1) is 21.2. The first-order valence-electron chi connectivity index (χ1n) is 8.70. The Balaban J connectivity index is 2.69. The van der Waals surface area contributed by atoms with Crippen molar-refractivity contribution in [3.05, 3.63) is 29.6 Å². The van der Waals surface area contributed by atoms with Crippen LogP contribution in [0.15, 0.2) is 18.2 Å². The largest absolute Gasteiger partial charge is 0.488 e. The van der Waals surface area contributed by atoms with Crippen LogP contribution in [-0.4, -0.2) is 35.6 Å². The van der Waals surface area contributed by atoms with Crippen LogP contribution in [0.4, 0.5) is 9.18 Å². The minimum absolute atomic E-state index is 0.0528. The predicted octanol–water partition coefficient (Wildman–Crippen LogP) is 3.82. The molecule has 5 nitrogen and oxygen atoms in total. The molecule has 0 bridgehead atoms. The average Bonchev–Trinajstić information content (AvgIpc) is 2.50. The zero-order valence-corrected chi connectivity index (χ0v) is 15.8. The van der Waals surface area contributed by atoms with Crippen molar-refractivity contribution in [2.75, 3.05) is 6.61 Å². The van der Waals surface area contributed by atoms with E-state index in [4.69, 9.17) is 14.6 Å². The van der Waals surface area contributed by atoms with Crippen LogP contribution in [-0.2, 0) is 11.2 Å². The third kappa shape index (κ3) is 8.20. The van der Waals surface area contributed by atoms with Crippen LogP contribution < -0.4 is 10.1 Å². The van der Waals surface area contributed by atoms with Crippen molar-refractivity contribution in [3.8, 4) is 5.75 Å². The fraction of sp³-hybridized carbons (Fsp3) is 0.632. The van der Waals surface area contributed by atoms with Gasteiger partial charge in [0.05, 0.1) is 6.61 Å². The fourth-order valence-electron chi connectivity index (χ4n) is 2.28. The first-order chi connectivity index (χ1) is 11.6. The van der Waals surface area contributed by atoms with E-state index in [2.05, 4.69) is 5.32 Å². The minimum atomic E-state index is -0.541. The molecule has 0 spiro atoms. The lowest BCUT2D eigenvalue weighted by atomic mass is 10.0. The molecule has 0 heterocycles. The van der Waals surface area contributed by atoms with E-state index >= 15 is 0 Å². The molecule has 0 unspecified atom stereocenters. The van der Waals surface area contributed by atoms with Gasteiger partial charge in [-0.05, 0) is 58.6 Å². The summed E-state index contributed by atoms with van der Waals surface area (Å²) in [6, 6.07) is 4.33. The Kier molecular flexibility index (Phi) is 8.16. The quantitative estimate of drug-likeness (QED) is 0.744. The molecular formula is C19H30FNO4. The first-order valence-corrected chi connectivity index (χ1v) is 8.70. The lowest BCUT2D eigenvalue weighted by Gasteiger charge is -2.23. The molecular weight excluding hydrogens is 325 g/mol. The van der Waals surface area contributed by atoms with Crippen LogP contribution in [0.25, 0.3) is 0 Å². The summed E-state index contributed by atoms with van der Waals surface area (Å²) >= 11 is 0. The third-order valence-electron chi connectivity index (χ3n) is 3.59. The molecule has 1 rings (SSSR count). The van der Waals surface area contributed by atoms with E-state index in [9.17, 15) is 9.18 Å². The zero-order valence-electron chi connectivity index (χ0n) is 15.8. The van der Waals surface area contributed by atoms with Gasteiger partial charge >= 0.3 is 6.09 Å². The molecule has 0 aliphatic rings. The van der Waals surface area contributed by atoms with Crippen LogP contribution in [0.3, 0.4) is 0 Å². The number of halogens is 1. The van der Waals surface area contributed by atoms with E-state index in [-0.39, 0.29) is 18.5 Å². The Labute approximate surface area is 149 Å². The van der Waals surface area contributed by atoms with E-state index in [0.29, 0.717) is 18.6 Å². The molecule has 25 heavy (non-hydrogen) atoms. The number of ether oxygens (including phenoxy) is 2. The van der Waals surface area contributed by atoms with Crippen molar-refractivity contribution in [2.45, 2.75) is 71.6 Å². The second-order valence-corrected chi connectivity index (χ2v) is 7.15. The van der Waals surface area contributed by atoms with Gasteiger partial charge in [0, 0.05) is 12.1 Å². The summed E-state index contributed by atoms with van der Waals surface area (Å²) in [6.07, 6.45) is 1.18. The van der Waals surface area contributed by atoms with E-state index in [1.807, 2.05) is 27.7 Å². The van der Waals surface area contributed by atoms with Crippen molar-refractivity contribution < 1.29 is 23.8 Å². The second-order valence-electron chi connectivity index (χ2n) is 7.15. The molecule has 1 aromatic carbocycles. The monoisotopic (exact) mass is 355 g/mol. The van der Waals surface area contributed by atoms with Gasteiger partial charge in [-0.2, -0.15) is 0 Å². The summed E-state index contributed by atoms with van der Waals surface area (Å²) in [5.41, 5.74) is 0.298. The van der Waals surface area contributed by atoms with Crippen LogP contribution in [0.2, 0.25) is 0 Å². The van der Waals surface area contributed by atoms with Gasteiger partial charge < -0.3 is 19.9 Å². The van der Waals surface area contributed by atoms with E-state index in [1.54, 1.807) is 13.0 Å². The molecule has 1 amide bonds. The number of amides is 1. The SMILES string of the molecule is CC[C@H](CCc1ccc(F)cc1O[C@H](C)CO)NC(=O)OC(C)(C)C. The standard InChI is InChI=1S/C19H30FNO4/c1-6-16(21-18(23)25-19(3,4)5)10-8-14-7-9-15(20)11-17(14)24-13(2)12-22/h7,9,11,13,16,22H,6,8,10,12H2,1-5H3,(H,21,23)/t13-,16-/m1/s1. The molecule has 2 atom stereocenters. The number of aryl methyl sites for hydroxylation is 1. The van der Waals surface area contributed by atoms with Crippen molar-refractivity contribution in [1.82, 2.24) is 5.32 Å². The number of hydrogen-bond donors (Lipinski definition) is 2. The van der Waals surface area contributed by atoms with Crippen molar-refractivity contribution in [3.63, 3.8) is 0 Å². The Morgan fingerprint density at radius 3 is 2.60 bits per heavy atom. The highest BCUT2D eigenvalue weighted by Crippen LogP contribution is 2.23. The molecule has 0 aliphatic carbocycles. The molecule has 0 aromatic heterocycles. The molecule has 2 N–H and O–H groups in total. The molecule has 142 valence electrons. The maximum Gasteiger partial charge on any atom is 0.407 e. The Morgan fingerprint density at radius 2 is 2.04 bits per heavy atom. The van der Waals surface area contributed by atoms with E-state index in [0.717, 1.165) is 12.0 Å². The van der Waals surface area contributed by atoms with E-state index < -0.39 is 17.8 Å². The van der Waals surface area contributed by atoms with Crippen LogP contribution in [0.5, 0.6) is 5.75 Å². The summed E-state index contributed by atoms with van der Waals surface area (Å²) in [5, 5.41) is 12.0. The summed E-state index contributed by atoms with van der Waals surface area (Å²) in [6.45, 7) is 9.01. The lowest BCUT2D eigenvalue weighted by molar-refractivity contribution is 0.0500. The van der Waals surface area contributed by atoms with Gasteiger partial charge in [-0.25, -0.2) is 9.18 Å². The van der Waals surface area contributed by atoms with Crippen molar-refractivity contribution in [2.24, 2.45) is 0 Å². The highest BCUT2D eigenvalue weighted by Gasteiger charge is 2.19. The fourth-order valence-corrected chi connectivity index (χ4v) is 2.28. The highest BCUT2D eigenvalue weighted by atomic mass is 19.1. The summed E-state index contributed by atoms with van der Waals surface area (Å²) in [7, 11) is 0. The van der Waals surface area contributed by atoms with Gasteiger partial charge in [-0.15, -0.1) is 0 Å². The molecule has 0 saturated heterocycles. The van der Waals surface area contributed by atoms with Gasteiger partial charge in [-0.3, -0.25) is 0 Å². The minimum Gasteiger partial charge on any atom is -0.488 e. The summed E-state index contributed by atoms with van der Waals surface area (Å²) in [4.78, 5) is 11.9. The Morgan fingerprint density at radius 1 is 1.36 bits per heavy atom. The number of carbonyl (C=O) groups is 1. The third-order valence-corrected chi connectivity index (χ3v) is 3.59. The number of rotatable bonds is 8. The maximum absolute atomic E-state index is 13.5. The molecule has 1 aromatic rings. The lowest BCUT2D eigenvalue weighted by Crippen LogP contribution is -2.39. The smallest absolute Gasteiger partial charge is 0.407 e. The van der Waals surface area contributed by atoms with Crippen molar-refractivity contribution >= 4 is 6.09 Å². The predicted molar refractivity (Wildman–Crippen MR) is 95.3 cm³/mol. The number of aliphatic hydroxyl groups is 1. The zero-order chi connectivity index (χ0) is 19.0. The van der Waals surface area contributed by atoms with Crippen LogP contribution in [0.1, 0.15) is 53.0 Å². The Bertz CT molecular complexity index is 557. The molecule has 0 saturated carbocycles. The number of hydrogen-bond acceptors (Lipinski definition) is 4. The van der Waals surface area contributed by atoms with Gasteiger partial charge in [0.1, 0.15) is 23.3 Å². The topological polar surface area (TPSA) is 67.8 Å². The summed E-state index contributed by atoms with van der Waals surface area (Å²) in [5.74, 6) is 0.0384. The summed E-state index contributed by atoms with van der Waals surface area (Å²) < 4.78 is 24.3. The average molecular weight is 355 g/mol. The van der Waals surface area contributed by atoms with Gasteiger partial charge in [0.2, 0.25) is 0 Å². The second kappa shape index (κ2) is 9.61. The highest BCUT2D eigenvalue weighted by molar-refractivity contribution is 5.68. The number of benzene rings is 1. The Hall–Kier alpha value is -1.82.